The lowest BCUT2D eigenvalue weighted by molar-refractivity contribution is -0.173. The van der Waals surface area contributed by atoms with Crippen LogP contribution in [0.5, 0.6) is 0 Å². The van der Waals surface area contributed by atoms with Gasteiger partial charge < -0.3 is 15.2 Å². The molecule has 1 aliphatic rings. The second-order valence-corrected chi connectivity index (χ2v) is 2.94. The van der Waals surface area contributed by atoms with Gasteiger partial charge in [0.1, 0.15) is 0 Å². The van der Waals surface area contributed by atoms with Crippen molar-refractivity contribution in [3.8, 4) is 0 Å². The Morgan fingerprint density at radius 3 is 2.92 bits per heavy atom. The zero-order valence-electron chi connectivity index (χ0n) is 7.29. The van der Waals surface area contributed by atoms with Gasteiger partial charge >= 0.3 is 5.97 Å². The first kappa shape index (κ1) is 9.48. The van der Waals surface area contributed by atoms with E-state index in [2.05, 4.69) is 0 Å². The summed E-state index contributed by atoms with van der Waals surface area (Å²) in [5.74, 6) is -0.317. The summed E-state index contributed by atoms with van der Waals surface area (Å²) in [5.41, 5.74) is 5.50. The van der Waals surface area contributed by atoms with Crippen LogP contribution in [-0.4, -0.2) is 31.3 Å². The van der Waals surface area contributed by atoms with Crippen LogP contribution in [0.2, 0.25) is 0 Å². The van der Waals surface area contributed by atoms with Gasteiger partial charge in [0, 0.05) is 0 Å². The Morgan fingerprint density at radius 1 is 1.75 bits per heavy atom. The Morgan fingerprint density at radius 2 is 2.50 bits per heavy atom. The highest BCUT2D eigenvalue weighted by Gasteiger charge is 2.36. The van der Waals surface area contributed by atoms with Crippen molar-refractivity contribution in [2.75, 3.05) is 13.2 Å². The van der Waals surface area contributed by atoms with E-state index in [1.807, 2.05) is 6.92 Å². The molecule has 4 heteroatoms. The minimum absolute atomic E-state index is 0.167. The van der Waals surface area contributed by atoms with Crippen molar-refractivity contribution in [1.29, 1.82) is 0 Å². The van der Waals surface area contributed by atoms with Gasteiger partial charge in [0.05, 0.1) is 19.3 Å². The number of carbonyl (C=O) groups is 1. The summed E-state index contributed by atoms with van der Waals surface area (Å²) in [7, 11) is 0. The Balaban J connectivity index is 2.11. The molecule has 0 bridgehead atoms. The van der Waals surface area contributed by atoms with Crippen LogP contribution in [0, 0.1) is 0 Å². The molecule has 1 heterocycles. The third kappa shape index (κ3) is 2.19. The smallest absolute Gasteiger partial charge is 0.336 e. The van der Waals surface area contributed by atoms with Gasteiger partial charge in [-0.3, -0.25) is 0 Å². The number of hydrogen-bond donors (Lipinski definition) is 1. The second kappa shape index (κ2) is 4.42. The maximum absolute atomic E-state index is 11.1. The monoisotopic (exact) mass is 173 g/mol. The van der Waals surface area contributed by atoms with Gasteiger partial charge in [-0.1, -0.05) is 13.3 Å². The van der Waals surface area contributed by atoms with Gasteiger partial charge in [-0.15, -0.1) is 0 Å². The molecule has 0 aromatic rings. The summed E-state index contributed by atoms with van der Waals surface area (Å²) in [6.45, 7) is 2.98. The highest BCUT2D eigenvalue weighted by atomic mass is 16.6. The molecule has 0 radical (unpaired) electrons. The summed E-state index contributed by atoms with van der Waals surface area (Å²) in [6, 6.07) is -0.167. The molecule has 12 heavy (non-hydrogen) atoms. The van der Waals surface area contributed by atoms with E-state index >= 15 is 0 Å². The molecule has 0 aromatic heterocycles. The minimum atomic E-state index is -0.512. The lowest BCUT2D eigenvalue weighted by Crippen LogP contribution is -2.55. The Hall–Kier alpha value is -0.610. The predicted octanol–water partition coefficient (Wildman–Crippen LogP) is 0.0558. The van der Waals surface area contributed by atoms with Crippen LogP contribution in [0.25, 0.3) is 0 Å². The average Bonchev–Trinajstić information content (AvgIpc) is 2.02. The van der Waals surface area contributed by atoms with Gasteiger partial charge in [0.2, 0.25) is 0 Å². The lowest BCUT2D eigenvalue weighted by atomic mass is 10.1. The molecular weight excluding hydrogens is 158 g/mol. The second-order valence-electron chi connectivity index (χ2n) is 2.94. The number of unbranched alkanes of at least 4 members (excludes halogenated alkanes) is 1. The molecule has 0 saturated carbocycles. The van der Waals surface area contributed by atoms with Crippen molar-refractivity contribution < 1.29 is 14.3 Å². The summed E-state index contributed by atoms with van der Waals surface area (Å²) < 4.78 is 9.85. The summed E-state index contributed by atoms with van der Waals surface area (Å²) in [4.78, 5) is 11.1. The third-order valence-electron chi connectivity index (χ3n) is 1.83. The van der Waals surface area contributed by atoms with Gasteiger partial charge in [-0.25, -0.2) is 4.79 Å². The van der Waals surface area contributed by atoms with Crippen LogP contribution in [0.1, 0.15) is 19.8 Å². The minimum Gasteiger partial charge on any atom is -0.464 e. The molecule has 1 rings (SSSR count). The molecule has 0 amide bonds. The van der Waals surface area contributed by atoms with Crippen molar-refractivity contribution in [3.05, 3.63) is 0 Å². The van der Waals surface area contributed by atoms with E-state index in [9.17, 15) is 4.79 Å². The summed E-state index contributed by atoms with van der Waals surface area (Å²) in [5, 5.41) is 0. The quantitative estimate of drug-likeness (QED) is 0.482. The standard InChI is InChI=1S/C8H15NO3/c1-2-3-4-11-8(10)7-6(9)5-12-7/h6-7H,2-5,9H2,1H3/t6-,7+/m0/s1. The van der Waals surface area contributed by atoms with E-state index in [0.717, 1.165) is 12.8 Å². The van der Waals surface area contributed by atoms with Crippen LogP contribution in [0.3, 0.4) is 0 Å². The molecule has 1 saturated heterocycles. The van der Waals surface area contributed by atoms with Crippen LogP contribution in [-0.2, 0) is 14.3 Å². The first-order valence-electron chi connectivity index (χ1n) is 4.29. The van der Waals surface area contributed by atoms with Gasteiger partial charge in [-0.05, 0) is 6.42 Å². The summed E-state index contributed by atoms with van der Waals surface area (Å²) >= 11 is 0. The van der Waals surface area contributed by atoms with E-state index in [-0.39, 0.29) is 12.0 Å². The fourth-order valence-corrected chi connectivity index (χ4v) is 0.946. The molecule has 70 valence electrons. The van der Waals surface area contributed by atoms with Crippen LogP contribution in [0.15, 0.2) is 0 Å². The van der Waals surface area contributed by atoms with Crippen molar-refractivity contribution >= 4 is 5.97 Å². The zero-order chi connectivity index (χ0) is 8.97. The number of ether oxygens (including phenoxy) is 2. The molecule has 2 N–H and O–H groups in total. The fourth-order valence-electron chi connectivity index (χ4n) is 0.946. The average molecular weight is 173 g/mol. The Bertz CT molecular complexity index is 160. The van der Waals surface area contributed by atoms with Crippen LogP contribution >= 0.6 is 0 Å². The van der Waals surface area contributed by atoms with Crippen LogP contribution < -0.4 is 5.73 Å². The van der Waals surface area contributed by atoms with E-state index < -0.39 is 6.10 Å². The topological polar surface area (TPSA) is 61.5 Å². The van der Waals surface area contributed by atoms with Crippen molar-refractivity contribution in [1.82, 2.24) is 0 Å². The predicted molar refractivity (Wildman–Crippen MR) is 43.6 cm³/mol. The van der Waals surface area contributed by atoms with Crippen molar-refractivity contribution in [2.45, 2.75) is 31.9 Å². The Kier molecular flexibility index (Phi) is 3.49. The molecule has 4 nitrogen and oxygen atoms in total. The largest absolute Gasteiger partial charge is 0.464 e. The summed E-state index contributed by atoms with van der Waals surface area (Å²) in [6.07, 6.45) is 1.40. The highest BCUT2D eigenvalue weighted by molar-refractivity contribution is 5.76. The van der Waals surface area contributed by atoms with Gasteiger partial charge in [-0.2, -0.15) is 0 Å². The molecular formula is C8H15NO3. The van der Waals surface area contributed by atoms with E-state index in [0.29, 0.717) is 13.2 Å². The van der Waals surface area contributed by atoms with E-state index in [1.165, 1.54) is 0 Å². The normalized spacial score (nSPS) is 27.8. The third-order valence-corrected chi connectivity index (χ3v) is 1.83. The number of carbonyl (C=O) groups excluding carboxylic acids is 1. The van der Waals surface area contributed by atoms with Gasteiger partial charge in [0.25, 0.3) is 0 Å². The van der Waals surface area contributed by atoms with E-state index in [4.69, 9.17) is 15.2 Å². The van der Waals surface area contributed by atoms with E-state index in [1.54, 1.807) is 0 Å². The number of rotatable bonds is 4. The first-order valence-corrected chi connectivity index (χ1v) is 4.29. The SMILES string of the molecule is CCCCOC(=O)[C@@H]1OC[C@@H]1N. The number of nitrogens with two attached hydrogens (primary N) is 1. The molecule has 0 aliphatic carbocycles. The zero-order valence-corrected chi connectivity index (χ0v) is 7.29. The van der Waals surface area contributed by atoms with Crippen molar-refractivity contribution in [2.24, 2.45) is 5.73 Å². The maximum atomic E-state index is 11.1. The molecule has 1 aliphatic heterocycles. The number of esters is 1. The number of hydrogen-bond acceptors (Lipinski definition) is 4. The fraction of sp³-hybridized carbons (Fsp3) is 0.875. The van der Waals surface area contributed by atoms with Gasteiger partial charge in [0.15, 0.2) is 6.10 Å². The molecule has 0 spiro atoms. The molecule has 0 unspecified atom stereocenters. The Labute approximate surface area is 72.0 Å². The van der Waals surface area contributed by atoms with Crippen LogP contribution in [0.4, 0.5) is 0 Å². The molecule has 0 aromatic carbocycles. The highest BCUT2D eigenvalue weighted by Crippen LogP contribution is 2.11. The lowest BCUT2D eigenvalue weighted by Gasteiger charge is -2.31. The molecule has 2 atom stereocenters. The maximum Gasteiger partial charge on any atom is 0.336 e. The molecule has 1 fully saturated rings. The first-order chi connectivity index (χ1) is 5.75. The van der Waals surface area contributed by atoms with Crippen molar-refractivity contribution in [3.63, 3.8) is 0 Å².